The first-order chi connectivity index (χ1) is 14.7. The number of ether oxygens (including phenoxy) is 2. The summed E-state index contributed by atoms with van der Waals surface area (Å²) in [7, 11) is 0. The molecule has 1 aromatic carbocycles. The van der Waals surface area contributed by atoms with Crippen LogP contribution in [0.5, 0.6) is 5.75 Å². The summed E-state index contributed by atoms with van der Waals surface area (Å²) in [6.45, 7) is 7.49. The predicted molar refractivity (Wildman–Crippen MR) is 113 cm³/mol. The number of amides is 1. The van der Waals surface area contributed by atoms with Gasteiger partial charge in [-0.3, -0.25) is 4.79 Å². The molecule has 1 N–H and O–H groups in total. The number of anilines is 2. The lowest BCUT2D eigenvalue weighted by molar-refractivity contribution is 0.0950. The van der Waals surface area contributed by atoms with E-state index in [0.29, 0.717) is 43.1 Å². The largest absolute Gasteiger partial charge is 0.494 e. The lowest BCUT2D eigenvalue weighted by Gasteiger charge is -2.28. The molecule has 9 heteroatoms. The number of hydrogen-bond acceptors (Lipinski definition) is 8. The zero-order valence-electron chi connectivity index (χ0n) is 17.3. The zero-order valence-corrected chi connectivity index (χ0v) is 17.3. The van der Waals surface area contributed by atoms with E-state index in [1.54, 1.807) is 24.3 Å². The van der Waals surface area contributed by atoms with Crippen LogP contribution in [0.3, 0.4) is 0 Å². The van der Waals surface area contributed by atoms with Crippen molar-refractivity contribution in [3.63, 3.8) is 0 Å². The number of carbonyl (C=O) groups is 1. The van der Waals surface area contributed by atoms with Crippen molar-refractivity contribution in [1.29, 1.82) is 0 Å². The fourth-order valence-corrected chi connectivity index (χ4v) is 3.57. The van der Waals surface area contributed by atoms with Crippen LogP contribution in [-0.4, -0.2) is 66.9 Å². The van der Waals surface area contributed by atoms with Crippen LogP contribution in [0.25, 0.3) is 0 Å². The van der Waals surface area contributed by atoms with Gasteiger partial charge in [0.25, 0.3) is 5.91 Å². The van der Waals surface area contributed by atoms with Gasteiger partial charge in [0.15, 0.2) is 5.82 Å². The molecule has 3 heterocycles. The Hall–Kier alpha value is -2.94. The van der Waals surface area contributed by atoms with Crippen LogP contribution in [0.1, 0.15) is 35.9 Å². The maximum absolute atomic E-state index is 12.6. The first kappa shape index (κ1) is 20.3. The molecule has 0 radical (unpaired) electrons. The summed E-state index contributed by atoms with van der Waals surface area (Å²) in [6.07, 6.45) is 2.28. The third-order valence-corrected chi connectivity index (χ3v) is 5.18. The van der Waals surface area contributed by atoms with Crippen molar-refractivity contribution >= 4 is 17.8 Å². The SMILES string of the molecule is CCOc1ccc(C(=O)NCc2nc(N3CCCC3)nc(N3CCOCC3)n2)cc1. The number of benzene rings is 1. The second kappa shape index (κ2) is 9.71. The van der Waals surface area contributed by atoms with Crippen molar-refractivity contribution in [2.24, 2.45) is 0 Å². The summed E-state index contributed by atoms with van der Waals surface area (Å²) < 4.78 is 10.9. The maximum Gasteiger partial charge on any atom is 0.251 e. The minimum atomic E-state index is -0.172. The number of morpholine rings is 1. The Morgan fingerprint density at radius 1 is 1.00 bits per heavy atom. The Morgan fingerprint density at radius 3 is 2.27 bits per heavy atom. The van der Waals surface area contributed by atoms with Gasteiger partial charge in [-0.1, -0.05) is 0 Å². The van der Waals surface area contributed by atoms with Crippen molar-refractivity contribution < 1.29 is 14.3 Å². The van der Waals surface area contributed by atoms with Crippen molar-refractivity contribution in [1.82, 2.24) is 20.3 Å². The van der Waals surface area contributed by atoms with Crippen molar-refractivity contribution in [2.45, 2.75) is 26.3 Å². The standard InChI is InChI=1S/C21H28N6O3/c1-2-30-17-7-5-16(6-8-17)19(28)22-15-18-23-20(26-9-3-4-10-26)25-21(24-18)27-11-13-29-14-12-27/h5-8H,2-4,9-15H2,1H3,(H,22,28). The molecule has 2 aromatic rings. The molecule has 9 nitrogen and oxygen atoms in total. The van der Waals surface area contributed by atoms with Gasteiger partial charge in [-0.25, -0.2) is 0 Å². The molecular formula is C21H28N6O3. The van der Waals surface area contributed by atoms with E-state index in [2.05, 4.69) is 25.1 Å². The van der Waals surface area contributed by atoms with Gasteiger partial charge < -0.3 is 24.6 Å². The summed E-state index contributed by atoms with van der Waals surface area (Å²) in [5.74, 6) is 2.48. The van der Waals surface area contributed by atoms with Gasteiger partial charge in [0.05, 0.1) is 26.4 Å². The Labute approximate surface area is 176 Å². The van der Waals surface area contributed by atoms with E-state index in [-0.39, 0.29) is 12.5 Å². The molecule has 2 fully saturated rings. The van der Waals surface area contributed by atoms with Gasteiger partial charge in [-0.2, -0.15) is 15.0 Å². The lowest BCUT2D eigenvalue weighted by Crippen LogP contribution is -2.38. The molecule has 160 valence electrons. The number of rotatable bonds is 7. The molecule has 1 aromatic heterocycles. The highest BCUT2D eigenvalue weighted by atomic mass is 16.5. The number of aromatic nitrogens is 3. The van der Waals surface area contributed by atoms with Crippen LogP contribution in [0.4, 0.5) is 11.9 Å². The first-order valence-corrected chi connectivity index (χ1v) is 10.6. The third kappa shape index (κ3) is 4.96. The molecule has 30 heavy (non-hydrogen) atoms. The van der Waals surface area contributed by atoms with Gasteiger partial charge in [0, 0.05) is 31.7 Å². The number of carbonyl (C=O) groups excluding carboxylic acids is 1. The average Bonchev–Trinajstić information content (AvgIpc) is 3.34. The highest BCUT2D eigenvalue weighted by Crippen LogP contribution is 2.19. The van der Waals surface area contributed by atoms with Crippen molar-refractivity contribution in [2.75, 3.05) is 55.8 Å². The van der Waals surface area contributed by atoms with E-state index < -0.39 is 0 Å². The Balaban J connectivity index is 1.47. The number of hydrogen-bond donors (Lipinski definition) is 1. The van der Waals surface area contributed by atoms with E-state index in [9.17, 15) is 4.79 Å². The molecule has 2 saturated heterocycles. The molecule has 0 aliphatic carbocycles. The normalized spacial score (nSPS) is 16.6. The summed E-state index contributed by atoms with van der Waals surface area (Å²) in [6, 6.07) is 7.10. The van der Waals surface area contributed by atoms with E-state index in [4.69, 9.17) is 14.5 Å². The smallest absolute Gasteiger partial charge is 0.251 e. The highest BCUT2D eigenvalue weighted by Gasteiger charge is 2.21. The van der Waals surface area contributed by atoms with Crippen LogP contribution >= 0.6 is 0 Å². The van der Waals surface area contributed by atoms with Crippen LogP contribution in [-0.2, 0) is 11.3 Å². The molecule has 0 bridgehead atoms. The predicted octanol–water partition coefficient (Wildman–Crippen LogP) is 1.64. The molecule has 2 aliphatic rings. The quantitative estimate of drug-likeness (QED) is 0.734. The Kier molecular flexibility index (Phi) is 6.58. The molecule has 0 atom stereocenters. The van der Waals surface area contributed by atoms with Crippen LogP contribution < -0.4 is 19.9 Å². The van der Waals surface area contributed by atoms with Gasteiger partial charge in [-0.15, -0.1) is 0 Å². The fourth-order valence-electron chi connectivity index (χ4n) is 3.57. The van der Waals surface area contributed by atoms with Crippen molar-refractivity contribution in [3.05, 3.63) is 35.7 Å². The minimum Gasteiger partial charge on any atom is -0.494 e. The van der Waals surface area contributed by atoms with Gasteiger partial charge in [0.2, 0.25) is 11.9 Å². The molecule has 0 unspecified atom stereocenters. The third-order valence-electron chi connectivity index (χ3n) is 5.18. The highest BCUT2D eigenvalue weighted by molar-refractivity contribution is 5.94. The summed E-state index contributed by atoms with van der Waals surface area (Å²) in [5.41, 5.74) is 0.570. The molecular weight excluding hydrogens is 384 g/mol. The molecule has 1 amide bonds. The summed E-state index contributed by atoms with van der Waals surface area (Å²) in [4.78, 5) is 30.8. The van der Waals surface area contributed by atoms with E-state index in [1.807, 2.05) is 6.92 Å². The lowest BCUT2D eigenvalue weighted by atomic mass is 10.2. The van der Waals surface area contributed by atoms with Crippen LogP contribution in [0, 0.1) is 0 Å². The summed E-state index contributed by atoms with van der Waals surface area (Å²) >= 11 is 0. The van der Waals surface area contributed by atoms with Gasteiger partial charge in [-0.05, 0) is 44.0 Å². The monoisotopic (exact) mass is 412 g/mol. The molecule has 4 rings (SSSR count). The topological polar surface area (TPSA) is 92.7 Å². The van der Waals surface area contributed by atoms with Crippen LogP contribution in [0.2, 0.25) is 0 Å². The second-order valence-corrected chi connectivity index (χ2v) is 7.29. The maximum atomic E-state index is 12.6. The van der Waals surface area contributed by atoms with E-state index >= 15 is 0 Å². The molecule has 0 saturated carbocycles. The first-order valence-electron chi connectivity index (χ1n) is 10.6. The summed E-state index contributed by atoms with van der Waals surface area (Å²) in [5, 5.41) is 2.92. The molecule has 2 aliphatic heterocycles. The average molecular weight is 412 g/mol. The van der Waals surface area contributed by atoms with Gasteiger partial charge >= 0.3 is 0 Å². The zero-order chi connectivity index (χ0) is 20.8. The number of nitrogens with one attached hydrogen (secondary N) is 1. The second-order valence-electron chi connectivity index (χ2n) is 7.29. The Bertz CT molecular complexity index is 848. The minimum absolute atomic E-state index is 0.172. The van der Waals surface area contributed by atoms with Gasteiger partial charge in [0.1, 0.15) is 5.75 Å². The Morgan fingerprint density at radius 2 is 1.63 bits per heavy atom. The van der Waals surface area contributed by atoms with E-state index in [0.717, 1.165) is 44.8 Å². The fraction of sp³-hybridized carbons (Fsp3) is 0.524. The number of nitrogens with zero attached hydrogens (tertiary/aromatic N) is 5. The van der Waals surface area contributed by atoms with Crippen LogP contribution in [0.15, 0.2) is 24.3 Å². The van der Waals surface area contributed by atoms with E-state index in [1.165, 1.54) is 0 Å². The molecule has 0 spiro atoms. The van der Waals surface area contributed by atoms with Crippen molar-refractivity contribution in [3.8, 4) is 5.75 Å².